The van der Waals surface area contributed by atoms with Crippen LogP contribution in [-0.4, -0.2) is 9.13 Å². The lowest BCUT2D eigenvalue weighted by atomic mass is 10.2. The molecule has 0 bridgehead atoms. The van der Waals surface area contributed by atoms with Crippen LogP contribution in [0.1, 0.15) is 31.1 Å². The summed E-state index contributed by atoms with van der Waals surface area (Å²) in [5.41, 5.74) is -1.61. The summed E-state index contributed by atoms with van der Waals surface area (Å²) in [4.78, 5) is 24.3. The van der Waals surface area contributed by atoms with Gasteiger partial charge >= 0.3 is 11.9 Å². The molecule has 0 N–H and O–H groups in total. The molecule has 2 rings (SSSR count). The third-order valence-electron chi connectivity index (χ3n) is 3.27. The zero-order valence-corrected chi connectivity index (χ0v) is 12.3. The number of aromatic nitrogens is 2. The largest absolute Gasteiger partial charge is 0.416 e. The molecule has 1 aromatic heterocycles. The molecule has 2 aromatic rings. The van der Waals surface area contributed by atoms with E-state index >= 15 is 0 Å². The van der Waals surface area contributed by atoms with Crippen molar-refractivity contribution in [1.29, 1.82) is 0 Å². The molecule has 0 spiro atoms. The third-order valence-corrected chi connectivity index (χ3v) is 3.27. The second kappa shape index (κ2) is 5.47. The second-order valence-corrected chi connectivity index (χ2v) is 5.25. The van der Waals surface area contributed by atoms with Crippen LogP contribution in [0, 0.1) is 6.92 Å². The monoisotopic (exact) mass is 312 g/mol. The number of rotatable bonds is 2. The average Bonchev–Trinajstić information content (AvgIpc) is 2.36. The number of aryl methyl sites for hydroxylation is 1. The van der Waals surface area contributed by atoms with Crippen LogP contribution >= 0.6 is 0 Å². The van der Waals surface area contributed by atoms with Crippen molar-refractivity contribution in [3.05, 3.63) is 62.4 Å². The summed E-state index contributed by atoms with van der Waals surface area (Å²) in [6.45, 7) is 4.83. The minimum atomic E-state index is -4.50. The van der Waals surface area contributed by atoms with Crippen LogP contribution in [0.25, 0.3) is 5.69 Å². The second-order valence-electron chi connectivity index (χ2n) is 5.25. The molecule has 0 saturated carbocycles. The lowest BCUT2D eigenvalue weighted by Crippen LogP contribution is -2.40. The van der Waals surface area contributed by atoms with E-state index in [1.54, 1.807) is 13.8 Å². The van der Waals surface area contributed by atoms with Crippen LogP contribution in [0.15, 0.2) is 39.9 Å². The van der Waals surface area contributed by atoms with Gasteiger partial charge in [-0.05, 0) is 39.0 Å². The molecule has 1 heterocycles. The first-order valence-electron chi connectivity index (χ1n) is 6.65. The van der Waals surface area contributed by atoms with Crippen LogP contribution in [-0.2, 0) is 6.18 Å². The number of benzene rings is 1. The van der Waals surface area contributed by atoms with E-state index < -0.39 is 29.0 Å². The topological polar surface area (TPSA) is 44.0 Å². The Morgan fingerprint density at radius 3 is 2.27 bits per heavy atom. The molecule has 0 fully saturated rings. The molecule has 22 heavy (non-hydrogen) atoms. The molecule has 1 aromatic carbocycles. The highest BCUT2D eigenvalue weighted by atomic mass is 19.4. The van der Waals surface area contributed by atoms with Gasteiger partial charge in [0, 0.05) is 17.8 Å². The SMILES string of the molecule is Cc1cc(=O)n(C(C)C)c(=O)n1-c1cccc(C(F)(F)F)c1. The fourth-order valence-corrected chi connectivity index (χ4v) is 2.28. The van der Waals surface area contributed by atoms with Gasteiger partial charge in [0.15, 0.2) is 0 Å². The summed E-state index contributed by atoms with van der Waals surface area (Å²) >= 11 is 0. The molecule has 0 aliphatic heterocycles. The third kappa shape index (κ3) is 2.84. The van der Waals surface area contributed by atoms with Gasteiger partial charge in [0.2, 0.25) is 0 Å². The summed E-state index contributed by atoms with van der Waals surface area (Å²) in [6.07, 6.45) is -4.50. The van der Waals surface area contributed by atoms with Gasteiger partial charge in [0.1, 0.15) is 0 Å². The normalized spacial score (nSPS) is 12.0. The smallest absolute Gasteiger partial charge is 0.269 e. The Bertz CT molecular complexity index is 817. The predicted octanol–water partition coefficient (Wildman–Crippen LogP) is 2.91. The van der Waals surface area contributed by atoms with E-state index in [9.17, 15) is 22.8 Å². The van der Waals surface area contributed by atoms with E-state index in [4.69, 9.17) is 0 Å². The highest BCUT2D eigenvalue weighted by Crippen LogP contribution is 2.30. The first-order valence-corrected chi connectivity index (χ1v) is 6.65. The highest BCUT2D eigenvalue weighted by Gasteiger charge is 2.30. The van der Waals surface area contributed by atoms with Crippen molar-refractivity contribution in [2.75, 3.05) is 0 Å². The fourth-order valence-electron chi connectivity index (χ4n) is 2.28. The zero-order chi connectivity index (χ0) is 16.7. The number of hydrogen-bond acceptors (Lipinski definition) is 2. The molecule has 118 valence electrons. The number of alkyl halides is 3. The molecule has 0 aliphatic carbocycles. The first kappa shape index (κ1) is 16.1. The molecule has 0 aliphatic rings. The van der Waals surface area contributed by atoms with Gasteiger partial charge in [-0.2, -0.15) is 13.2 Å². The van der Waals surface area contributed by atoms with Gasteiger partial charge in [0.05, 0.1) is 11.3 Å². The summed E-state index contributed by atoms with van der Waals surface area (Å²) in [7, 11) is 0. The van der Waals surface area contributed by atoms with Crippen LogP contribution in [0.2, 0.25) is 0 Å². The molecule has 7 heteroatoms. The van der Waals surface area contributed by atoms with Gasteiger partial charge in [-0.25, -0.2) is 4.79 Å². The van der Waals surface area contributed by atoms with Crippen molar-refractivity contribution in [3.8, 4) is 5.69 Å². The Hall–Kier alpha value is -2.31. The average molecular weight is 312 g/mol. The molecule has 0 atom stereocenters. The molecular weight excluding hydrogens is 297 g/mol. The number of halogens is 3. The molecule has 0 unspecified atom stereocenters. The van der Waals surface area contributed by atoms with Crippen molar-refractivity contribution in [2.45, 2.75) is 33.0 Å². The maximum Gasteiger partial charge on any atom is 0.416 e. The summed E-state index contributed by atoms with van der Waals surface area (Å²) in [6, 6.07) is 5.30. The lowest BCUT2D eigenvalue weighted by molar-refractivity contribution is -0.137. The summed E-state index contributed by atoms with van der Waals surface area (Å²) < 4.78 is 40.6. The standard InChI is InChI=1S/C15H15F3N2O2/c1-9(2)19-13(21)7-10(3)20(14(19)22)12-6-4-5-11(8-12)15(16,17)18/h4-9H,1-3H3. The summed E-state index contributed by atoms with van der Waals surface area (Å²) in [5, 5.41) is 0. The molecule has 0 radical (unpaired) electrons. The Balaban J connectivity index is 2.76. The highest BCUT2D eigenvalue weighted by molar-refractivity contribution is 5.38. The molecular formula is C15H15F3N2O2. The van der Waals surface area contributed by atoms with E-state index in [1.165, 1.54) is 25.1 Å². The molecule has 0 amide bonds. The van der Waals surface area contributed by atoms with Crippen molar-refractivity contribution in [3.63, 3.8) is 0 Å². The maximum absolute atomic E-state index is 12.8. The predicted molar refractivity (Wildman–Crippen MR) is 76.4 cm³/mol. The van der Waals surface area contributed by atoms with Crippen LogP contribution in [0.4, 0.5) is 13.2 Å². The van der Waals surface area contributed by atoms with E-state index in [2.05, 4.69) is 0 Å². The first-order chi connectivity index (χ1) is 10.1. The van der Waals surface area contributed by atoms with Crippen molar-refractivity contribution in [2.24, 2.45) is 0 Å². The Kier molecular flexibility index (Phi) is 4.00. The van der Waals surface area contributed by atoms with Crippen molar-refractivity contribution in [1.82, 2.24) is 9.13 Å². The van der Waals surface area contributed by atoms with Crippen molar-refractivity contribution >= 4 is 0 Å². The van der Waals surface area contributed by atoms with E-state index in [1.807, 2.05) is 0 Å². The fraction of sp³-hybridized carbons (Fsp3) is 0.333. The minimum absolute atomic E-state index is 0.0757. The Morgan fingerprint density at radius 2 is 1.73 bits per heavy atom. The van der Waals surface area contributed by atoms with E-state index in [0.717, 1.165) is 21.3 Å². The zero-order valence-electron chi connectivity index (χ0n) is 12.3. The van der Waals surface area contributed by atoms with Gasteiger partial charge in [0.25, 0.3) is 5.56 Å². The van der Waals surface area contributed by atoms with Gasteiger partial charge in [-0.1, -0.05) is 6.07 Å². The lowest BCUT2D eigenvalue weighted by Gasteiger charge is -2.16. The molecule has 4 nitrogen and oxygen atoms in total. The van der Waals surface area contributed by atoms with Crippen LogP contribution in [0.5, 0.6) is 0 Å². The maximum atomic E-state index is 12.8. The van der Waals surface area contributed by atoms with Crippen LogP contribution in [0.3, 0.4) is 0 Å². The van der Waals surface area contributed by atoms with E-state index in [-0.39, 0.29) is 11.4 Å². The van der Waals surface area contributed by atoms with E-state index in [0.29, 0.717) is 0 Å². The van der Waals surface area contributed by atoms with Gasteiger partial charge in [-0.15, -0.1) is 0 Å². The number of nitrogens with zero attached hydrogens (tertiary/aromatic N) is 2. The van der Waals surface area contributed by atoms with Crippen molar-refractivity contribution < 1.29 is 13.2 Å². The minimum Gasteiger partial charge on any atom is -0.269 e. The quantitative estimate of drug-likeness (QED) is 0.856. The van der Waals surface area contributed by atoms with Gasteiger partial charge in [-0.3, -0.25) is 13.9 Å². The molecule has 0 saturated heterocycles. The number of hydrogen-bond donors (Lipinski definition) is 0. The van der Waals surface area contributed by atoms with Gasteiger partial charge < -0.3 is 0 Å². The summed E-state index contributed by atoms with van der Waals surface area (Å²) in [5.74, 6) is 0. The Morgan fingerprint density at radius 1 is 1.09 bits per heavy atom. The Labute approximate surface area is 124 Å². The van der Waals surface area contributed by atoms with Crippen LogP contribution < -0.4 is 11.2 Å².